The first-order valence-corrected chi connectivity index (χ1v) is 8.82. The lowest BCUT2D eigenvalue weighted by Crippen LogP contribution is -2.47. The van der Waals surface area contributed by atoms with Gasteiger partial charge in [-0.2, -0.15) is 0 Å². The molecule has 0 fully saturated rings. The van der Waals surface area contributed by atoms with Crippen molar-refractivity contribution in [3.63, 3.8) is 0 Å². The molecular formula is C21H24N2O4. The smallest absolute Gasteiger partial charge is 0.242 e. The summed E-state index contributed by atoms with van der Waals surface area (Å²) >= 11 is 0. The average molecular weight is 368 g/mol. The van der Waals surface area contributed by atoms with Crippen LogP contribution in [-0.4, -0.2) is 32.6 Å². The SMILES string of the molecule is COc1ccc(NC(=O)C(C)(C)C(=O)N2CCc3ccccc32)c(OC)c1. The van der Waals surface area contributed by atoms with E-state index in [4.69, 9.17) is 9.47 Å². The second-order valence-electron chi connectivity index (χ2n) is 6.98. The fraction of sp³-hybridized carbons (Fsp3) is 0.333. The molecule has 0 saturated carbocycles. The van der Waals surface area contributed by atoms with Gasteiger partial charge in [-0.3, -0.25) is 9.59 Å². The van der Waals surface area contributed by atoms with Gasteiger partial charge in [0.25, 0.3) is 0 Å². The van der Waals surface area contributed by atoms with Crippen molar-refractivity contribution in [1.82, 2.24) is 0 Å². The molecule has 6 heteroatoms. The molecule has 0 aliphatic carbocycles. The summed E-state index contributed by atoms with van der Waals surface area (Å²) in [4.78, 5) is 27.7. The Labute approximate surface area is 159 Å². The number of hydrogen-bond acceptors (Lipinski definition) is 4. The maximum absolute atomic E-state index is 13.1. The van der Waals surface area contributed by atoms with Gasteiger partial charge in [0.05, 0.1) is 19.9 Å². The van der Waals surface area contributed by atoms with Crippen LogP contribution < -0.4 is 19.7 Å². The number of hydrogen-bond donors (Lipinski definition) is 1. The molecule has 0 saturated heterocycles. The Morgan fingerprint density at radius 2 is 1.81 bits per heavy atom. The van der Waals surface area contributed by atoms with E-state index in [0.29, 0.717) is 23.7 Å². The highest BCUT2D eigenvalue weighted by Crippen LogP contribution is 2.34. The number of carbonyl (C=O) groups excluding carboxylic acids is 2. The van der Waals surface area contributed by atoms with Crippen LogP contribution in [0, 0.1) is 5.41 Å². The van der Waals surface area contributed by atoms with Gasteiger partial charge in [-0.25, -0.2) is 0 Å². The normalized spacial score (nSPS) is 13.1. The summed E-state index contributed by atoms with van der Waals surface area (Å²) in [7, 11) is 3.07. The van der Waals surface area contributed by atoms with Gasteiger partial charge in [0.15, 0.2) is 0 Å². The van der Waals surface area contributed by atoms with Crippen LogP contribution in [0.1, 0.15) is 19.4 Å². The number of para-hydroxylation sites is 1. The van der Waals surface area contributed by atoms with E-state index in [2.05, 4.69) is 5.32 Å². The fourth-order valence-electron chi connectivity index (χ4n) is 3.16. The maximum Gasteiger partial charge on any atom is 0.242 e. The van der Waals surface area contributed by atoms with Gasteiger partial charge in [-0.05, 0) is 44.0 Å². The fourth-order valence-corrected chi connectivity index (χ4v) is 3.16. The molecule has 0 bridgehead atoms. The summed E-state index contributed by atoms with van der Waals surface area (Å²) in [5.41, 5.74) is 1.26. The van der Waals surface area contributed by atoms with Crippen LogP contribution in [0.3, 0.4) is 0 Å². The van der Waals surface area contributed by atoms with E-state index in [0.717, 1.165) is 17.7 Å². The maximum atomic E-state index is 13.1. The molecule has 6 nitrogen and oxygen atoms in total. The number of fused-ring (bicyclic) bond motifs is 1. The first-order valence-electron chi connectivity index (χ1n) is 8.82. The van der Waals surface area contributed by atoms with E-state index in [1.165, 1.54) is 7.11 Å². The van der Waals surface area contributed by atoms with Crippen molar-refractivity contribution in [2.75, 3.05) is 31.0 Å². The third kappa shape index (κ3) is 3.47. The van der Waals surface area contributed by atoms with Crippen molar-refractivity contribution >= 4 is 23.2 Å². The van der Waals surface area contributed by atoms with Crippen LogP contribution in [0.5, 0.6) is 11.5 Å². The molecule has 1 aliphatic rings. The van der Waals surface area contributed by atoms with E-state index >= 15 is 0 Å². The largest absolute Gasteiger partial charge is 0.497 e. The Morgan fingerprint density at radius 1 is 1.07 bits per heavy atom. The van der Waals surface area contributed by atoms with Crippen molar-refractivity contribution in [2.45, 2.75) is 20.3 Å². The van der Waals surface area contributed by atoms with Crippen molar-refractivity contribution in [3.8, 4) is 11.5 Å². The number of rotatable bonds is 5. The second kappa shape index (κ2) is 7.31. The topological polar surface area (TPSA) is 67.9 Å². The molecule has 3 rings (SSSR count). The minimum atomic E-state index is -1.23. The summed E-state index contributed by atoms with van der Waals surface area (Å²) in [6.45, 7) is 3.87. The number of anilines is 2. The molecule has 0 radical (unpaired) electrons. The molecule has 1 heterocycles. The van der Waals surface area contributed by atoms with Crippen LogP contribution in [-0.2, 0) is 16.0 Å². The third-order valence-corrected chi connectivity index (χ3v) is 4.89. The predicted octanol–water partition coefficient (Wildman–Crippen LogP) is 3.26. The van der Waals surface area contributed by atoms with Gasteiger partial charge in [0.1, 0.15) is 16.9 Å². The summed E-state index contributed by atoms with van der Waals surface area (Å²) in [5, 5.41) is 2.81. The number of nitrogens with zero attached hydrogens (tertiary/aromatic N) is 1. The molecule has 2 aromatic carbocycles. The molecule has 0 atom stereocenters. The number of amides is 2. The molecule has 0 unspecified atom stereocenters. The minimum absolute atomic E-state index is 0.225. The zero-order valence-corrected chi connectivity index (χ0v) is 16.0. The zero-order chi connectivity index (χ0) is 19.6. The summed E-state index contributed by atoms with van der Waals surface area (Å²) in [5.74, 6) is 0.476. The van der Waals surface area contributed by atoms with Crippen molar-refractivity contribution in [2.24, 2.45) is 5.41 Å². The lowest BCUT2D eigenvalue weighted by Gasteiger charge is -2.29. The highest BCUT2D eigenvalue weighted by atomic mass is 16.5. The van der Waals surface area contributed by atoms with E-state index in [1.54, 1.807) is 44.1 Å². The second-order valence-corrected chi connectivity index (χ2v) is 6.98. The van der Waals surface area contributed by atoms with Crippen LogP contribution in [0.15, 0.2) is 42.5 Å². The Morgan fingerprint density at radius 3 is 2.52 bits per heavy atom. The van der Waals surface area contributed by atoms with Crippen molar-refractivity contribution in [1.29, 1.82) is 0 Å². The molecule has 1 N–H and O–H groups in total. The number of carbonyl (C=O) groups is 2. The summed E-state index contributed by atoms with van der Waals surface area (Å²) < 4.78 is 10.5. The van der Waals surface area contributed by atoms with Crippen LogP contribution in [0.25, 0.3) is 0 Å². The Hall–Kier alpha value is -3.02. The van der Waals surface area contributed by atoms with Crippen molar-refractivity contribution in [3.05, 3.63) is 48.0 Å². The highest BCUT2D eigenvalue weighted by molar-refractivity contribution is 6.15. The minimum Gasteiger partial charge on any atom is -0.497 e. The predicted molar refractivity (Wildman–Crippen MR) is 104 cm³/mol. The Bertz CT molecular complexity index is 876. The zero-order valence-electron chi connectivity index (χ0n) is 16.0. The van der Waals surface area contributed by atoms with Crippen LogP contribution in [0.2, 0.25) is 0 Å². The standard InChI is InChI=1S/C21H24N2O4/c1-21(2,20(25)23-12-11-14-7-5-6-8-17(14)23)19(24)22-16-10-9-15(26-3)13-18(16)27-4/h5-10,13H,11-12H2,1-4H3,(H,22,24). The van der Waals surface area contributed by atoms with Crippen molar-refractivity contribution < 1.29 is 19.1 Å². The van der Waals surface area contributed by atoms with Gasteiger partial charge in [0, 0.05) is 18.3 Å². The Kier molecular flexibility index (Phi) is 5.08. The summed E-state index contributed by atoms with van der Waals surface area (Å²) in [6, 6.07) is 12.9. The molecule has 0 aromatic heterocycles. The molecule has 27 heavy (non-hydrogen) atoms. The molecular weight excluding hydrogens is 344 g/mol. The summed E-state index contributed by atoms with van der Waals surface area (Å²) in [6.07, 6.45) is 0.798. The molecule has 0 spiro atoms. The van der Waals surface area contributed by atoms with Gasteiger partial charge >= 0.3 is 0 Å². The number of ether oxygens (including phenoxy) is 2. The average Bonchev–Trinajstić information content (AvgIpc) is 3.11. The third-order valence-electron chi connectivity index (χ3n) is 4.89. The highest BCUT2D eigenvalue weighted by Gasteiger charge is 2.41. The molecule has 142 valence electrons. The molecule has 2 aromatic rings. The van der Waals surface area contributed by atoms with E-state index in [-0.39, 0.29) is 11.8 Å². The monoisotopic (exact) mass is 368 g/mol. The molecule has 1 aliphatic heterocycles. The van der Waals surface area contributed by atoms with E-state index < -0.39 is 5.41 Å². The van der Waals surface area contributed by atoms with Crippen LogP contribution in [0.4, 0.5) is 11.4 Å². The molecule has 2 amide bonds. The first kappa shape index (κ1) is 18.8. The quantitative estimate of drug-likeness (QED) is 0.823. The van der Waals surface area contributed by atoms with E-state index in [1.807, 2.05) is 24.3 Å². The number of methoxy groups -OCH3 is 2. The van der Waals surface area contributed by atoms with Gasteiger partial charge < -0.3 is 19.7 Å². The number of benzene rings is 2. The number of nitrogens with one attached hydrogen (secondary N) is 1. The Balaban J connectivity index is 1.81. The van der Waals surface area contributed by atoms with Crippen LogP contribution >= 0.6 is 0 Å². The van der Waals surface area contributed by atoms with Gasteiger partial charge in [-0.1, -0.05) is 18.2 Å². The van der Waals surface area contributed by atoms with E-state index in [9.17, 15) is 9.59 Å². The lowest BCUT2D eigenvalue weighted by molar-refractivity contribution is -0.136. The first-order chi connectivity index (χ1) is 12.9. The van der Waals surface area contributed by atoms with Gasteiger partial charge in [0.2, 0.25) is 11.8 Å². The lowest BCUT2D eigenvalue weighted by atomic mass is 9.90. The van der Waals surface area contributed by atoms with Gasteiger partial charge in [-0.15, -0.1) is 0 Å².